The van der Waals surface area contributed by atoms with Crippen LogP contribution in [-0.4, -0.2) is 20.5 Å². The van der Waals surface area contributed by atoms with E-state index in [1.165, 1.54) is 12.1 Å². The maximum Gasteiger partial charge on any atom is 0.234 e. The highest BCUT2D eigenvalue weighted by molar-refractivity contribution is 7.91. The van der Waals surface area contributed by atoms with Gasteiger partial charge in [-0.2, -0.15) is 4.98 Å². The lowest BCUT2D eigenvalue weighted by molar-refractivity contribution is 0.414. The summed E-state index contributed by atoms with van der Waals surface area (Å²) < 4.78 is 51.0. The normalized spacial score (nSPS) is 11.3. The fraction of sp³-hybridized carbons (Fsp3) is 0.125. The quantitative estimate of drug-likeness (QED) is 0.386. The van der Waals surface area contributed by atoms with Gasteiger partial charge in [-0.3, -0.25) is 0 Å². The number of methoxy groups -OCH3 is 1. The van der Waals surface area contributed by atoms with Gasteiger partial charge in [-0.1, -0.05) is 30.3 Å². The predicted octanol–water partition coefficient (Wildman–Crippen LogP) is 5.24. The topological polar surface area (TPSA) is 81.4 Å². The summed E-state index contributed by atoms with van der Waals surface area (Å²) in [6.45, 7) is 2.19. The first-order valence-electron chi connectivity index (χ1n) is 9.83. The van der Waals surface area contributed by atoms with Gasteiger partial charge in [-0.05, 0) is 60.5 Å². The molecule has 0 aliphatic heterocycles. The summed E-state index contributed by atoms with van der Waals surface area (Å²) in [6, 6.07) is 19.3. The van der Waals surface area contributed by atoms with Crippen molar-refractivity contribution < 1.29 is 22.0 Å². The monoisotopic (exact) mass is 452 g/mol. The van der Waals surface area contributed by atoms with E-state index in [0.29, 0.717) is 12.1 Å². The van der Waals surface area contributed by atoms with Gasteiger partial charge in [0.25, 0.3) is 0 Å². The number of aromatic nitrogens is 1. The Morgan fingerprint density at radius 1 is 1.00 bits per heavy atom. The van der Waals surface area contributed by atoms with Crippen LogP contribution in [0.3, 0.4) is 0 Å². The molecule has 3 aromatic carbocycles. The lowest BCUT2D eigenvalue weighted by Gasteiger charge is -2.07. The van der Waals surface area contributed by atoms with E-state index < -0.39 is 15.7 Å². The second kappa shape index (κ2) is 8.84. The number of anilines is 1. The second-order valence-corrected chi connectivity index (χ2v) is 8.99. The van der Waals surface area contributed by atoms with Gasteiger partial charge in [0.15, 0.2) is 0 Å². The molecule has 32 heavy (non-hydrogen) atoms. The first-order valence-corrected chi connectivity index (χ1v) is 11.3. The van der Waals surface area contributed by atoms with Crippen molar-refractivity contribution in [1.82, 2.24) is 4.98 Å². The van der Waals surface area contributed by atoms with E-state index in [2.05, 4.69) is 10.3 Å². The number of sulfone groups is 1. The number of oxazole rings is 1. The highest BCUT2D eigenvalue weighted by Gasteiger charge is 2.29. The van der Waals surface area contributed by atoms with Crippen molar-refractivity contribution in [3.05, 3.63) is 89.7 Å². The number of halogens is 1. The third-order valence-corrected chi connectivity index (χ3v) is 6.64. The molecule has 1 aromatic heterocycles. The van der Waals surface area contributed by atoms with E-state index in [1.54, 1.807) is 7.11 Å². The zero-order valence-corrected chi connectivity index (χ0v) is 18.3. The highest BCUT2D eigenvalue weighted by atomic mass is 32.2. The van der Waals surface area contributed by atoms with Crippen molar-refractivity contribution in [2.24, 2.45) is 0 Å². The minimum atomic E-state index is -4.06. The Morgan fingerprint density at radius 3 is 2.34 bits per heavy atom. The van der Waals surface area contributed by atoms with Gasteiger partial charge in [0.05, 0.1) is 12.0 Å². The number of hydrogen-bond acceptors (Lipinski definition) is 6. The summed E-state index contributed by atoms with van der Waals surface area (Å²) in [5, 5.41) is 2.79. The van der Waals surface area contributed by atoms with Crippen molar-refractivity contribution in [2.75, 3.05) is 12.4 Å². The Balaban J connectivity index is 1.74. The van der Waals surface area contributed by atoms with E-state index in [4.69, 9.17) is 9.15 Å². The summed E-state index contributed by atoms with van der Waals surface area (Å²) in [4.78, 5) is 4.25. The van der Waals surface area contributed by atoms with Crippen molar-refractivity contribution in [1.29, 1.82) is 0 Å². The van der Waals surface area contributed by atoms with Crippen LogP contribution in [0.25, 0.3) is 11.5 Å². The van der Waals surface area contributed by atoms with E-state index in [-0.39, 0.29) is 21.7 Å². The Kier molecular flexibility index (Phi) is 5.96. The number of nitrogens with zero attached hydrogens (tertiary/aromatic N) is 1. The molecule has 0 atom stereocenters. The third kappa shape index (κ3) is 4.36. The molecule has 8 heteroatoms. The molecule has 1 N–H and O–H groups in total. The van der Waals surface area contributed by atoms with Gasteiger partial charge in [0, 0.05) is 12.1 Å². The smallest absolute Gasteiger partial charge is 0.234 e. The van der Waals surface area contributed by atoms with Crippen LogP contribution in [0.15, 0.2) is 87.1 Å². The molecule has 1 heterocycles. The molecule has 0 amide bonds. The standard InChI is InChI=1S/C24H21FN2O4S/c1-16-5-3-4-6-21(16)22-27-24(32(28,29)20-13-9-18(25)10-14-20)23(31-22)26-15-17-7-11-19(30-2)12-8-17/h3-14,26H,15H2,1-2H3. The first-order chi connectivity index (χ1) is 15.4. The minimum absolute atomic E-state index is 0.0170. The van der Waals surface area contributed by atoms with Gasteiger partial charge in [0.2, 0.25) is 26.6 Å². The van der Waals surface area contributed by atoms with E-state index >= 15 is 0 Å². The fourth-order valence-corrected chi connectivity index (χ4v) is 4.46. The summed E-state index contributed by atoms with van der Waals surface area (Å²) >= 11 is 0. The molecule has 0 fully saturated rings. The van der Waals surface area contributed by atoms with Gasteiger partial charge >= 0.3 is 0 Å². The van der Waals surface area contributed by atoms with E-state index in [0.717, 1.165) is 29.0 Å². The van der Waals surface area contributed by atoms with E-state index in [1.807, 2.05) is 55.5 Å². The number of rotatable bonds is 7. The number of aryl methyl sites for hydroxylation is 1. The maximum absolute atomic E-state index is 13.3. The number of benzene rings is 3. The molecule has 164 valence electrons. The number of nitrogens with one attached hydrogen (secondary N) is 1. The Bertz CT molecular complexity index is 1330. The van der Waals surface area contributed by atoms with Crippen LogP contribution in [-0.2, 0) is 16.4 Å². The average Bonchev–Trinajstić information content (AvgIpc) is 3.23. The summed E-state index contributed by atoms with van der Waals surface area (Å²) in [5.74, 6) is 0.391. The van der Waals surface area contributed by atoms with Gasteiger partial charge in [-0.15, -0.1) is 0 Å². The molecule has 6 nitrogen and oxygen atoms in total. The van der Waals surface area contributed by atoms with Crippen LogP contribution in [0.5, 0.6) is 5.75 Å². The van der Waals surface area contributed by atoms with Gasteiger partial charge < -0.3 is 14.5 Å². The van der Waals surface area contributed by atoms with Crippen molar-refractivity contribution >= 4 is 15.7 Å². The molecule has 0 aliphatic rings. The lowest BCUT2D eigenvalue weighted by atomic mass is 10.1. The summed E-state index contributed by atoms with van der Waals surface area (Å²) in [5.41, 5.74) is 2.46. The van der Waals surface area contributed by atoms with Gasteiger partial charge in [-0.25, -0.2) is 12.8 Å². The molecule has 4 rings (SSSR count). The molecule has 0 bridgehead atoms. The molecule has 0 unspecified atom stereocenters. The second-order valence-electron chi connectivity index (χ2n) is 7.13. The Labute approximate surface area is 185 Å². The average molecular weight is 453 g/mol. The number of hydrogen-bond donors (Lipinski definition) is 1. The van der Waals surface area contributed by atoms with Crippen LogP contribution in [0, 0.1) is 12.7 Å². The minimum Gasteiger partial charge on any atom is -0.497 e. The fourth-order valence-electron chi connectivity index (χ4n) is 3.18. The molecular formula is C24H21FN2O4S. The van der Waals surface area contributed by atoms with Crippen LogP contribution < -0.4 is 10.1 Å². The SMILES string of the molecule is COc1ccc(CNc2oc(-c3ccccc3C)nc2S(=O)(=O)c2ccc(F)cc2)cc1. The maximum atomic E-state index is 13.3. The lowest BCUT2D eigenvalue weighted by Crippen LogP contribution is -2.07. The highest BCUT2D eigenvalue weighted by Crippen LogP contribution is 2.33. The largest absolute Gasteiger partial charge is 0.497 e. The molecule has 0 spiro atoms. The van der Waals surface area contributed by atoms with Crippen LogP contribution in [0.4, 0.5) is 10.3 Å². The molecule has 0 radical (unpaired) electrons. The molecule has 0 saturated carbocycles. The molecular weight excluding hydrogens is 431 g/mol. The zero-order valence-electron chi connectivity index (χ0n) is 17.5. The van der Waals surface area contributed by atoms with Crippen molar-refractivity contribution in [2.45, 2.75) is 23.4 Å². The summed E-state index contributed by atoms with van der Waals surface area (Å²) in [7, 11) is -2.47. The van der Waals surface area contributed by atoms with E-state index in [9.17, 15) is 12.8 Å². The van der Waals surface area contributed by atoms with Gasteiger partial charge in [0.1, 0.15) is 11.6 Å². The third-order valence-electron chi connectivity index (χ3n) is 4.96. The van der Waals surface area contributed by atoms with Crippen molar-refractivity contribution in [3.63, 3.8) is 0 Å². The first kappa shape index (κ1) is 21.6. The van der Waals surface area contributed by atoms with Crippen LogP contribution in [0.1, 0.15) is 11.1 Å². The Morgan fingerprint density at radius 2 is 1.69 bits per heavy atom. The number of ether oxygens (including phenoxy) is 1. The predicted molar refractivity (Wildman–Crippen MR) is 119 cm³/mol. The summed E-state index contributed by atoms with van der Waals surface area (Å²) in [6.07, 6.45) is 0. The molecule has 4 aromatic rings. The molecule has 0 saturated heterocycles. The van der Waals surface area contributed by atoms with Crippen LogP contribution in [0.2, 0.25) is 0 Å². The zero-order chi connectivity index (χ0) is 22.7. The Hall–Kier alpha value is -3.65. The van der Waals surface area contributed by atoms with Crippen molar-refractivity contribution in [3.8, 4) is 17.2 Å². The van der Waals surface area contributed by atoms with Crippen LogP contribution >= 0.6 is 0 Å². The molecule has 0 aliphatic carbocycles.